The van der Waals surface area contributed by atoms with E-state index in [1.807, 2.05) is 19.9 Å². The molecule has 7 heteroatoms. The lowest BCUT2D eigenvalue weighted by Crippen LogP contribution is -2.16. The number of hydrogen-bond donors (Lipinski definition) is 2. The van der Waals surface area contributed by atoms with Crippen molar-refractivity contribution in [2.24, 2.45) is 4.99 Å². The van der Waals surface area contributed by atoms with E-state index < -0.39 is 5.56 Å². The molecular formula is C18H17N3O3S. The Kier molecular flexibility index (Phi) is 4.41. The molecule has 6 nitrogen and oxygen atoms in total. The molecule has 2 N–H and O–H groups in total. The number of aromatic nitrogens is 2. The Balaban J connectivity index is 2.23. The van der Waals surface area contributed by atoms with Gasteiger partial charge in [-0.3, -0.25) is 19.3 Å². The van der Waals surface area contributed by atoms with Crippen molar-refractivity contribution in [2.45, 2.75) is 13.8 Å². The number of aromatic amines is 1. The maximum atomic E-state index is 12.3. The predicted octanol–water partition coefficient (Wildman–Crippen LogP) is 3.37. The van der Waals surface area contributed by atoms with Gasteiger partial charge in [-0.2, -0.15) is 0 Å². The Morgan fingerprint density at radius 3 is 2.76 bits per heavy atom. The molecule has 1 aromatic heterocycles. The van der Waals surface area contributed by atoms with E-state index in [2.05, 4.69) is 9.98 Å². The second kappa shape index (κ2) is 6.52. The molecule has 2 heterocycles. The van der Waals surface area contributed by atoms with Gasteiger partial charge in [-0.05, 0) is 55.9 Å². The standard InChI is InChI=1S/C18H17N3O3S/c1-10-7-12(11(2)19-10)8-15-16(22)20-18(25)21(17(15)23)13-5-4-6-14(9-13)24-3/h4-9,23H,1-3H3,(H,20,22,25)/b12-8+. The second-order valence-corrected chi connectivity index (χ2v) is 6.00. The van der Waals surface area contributed by atoms with Gasteiger partial charge in [0.15, 0.2) is 4.77 Å². The van der Waals surface area contributed by atoms with Crippen LogP contribution in [0.2, 0.25) is 0 Å². The monoisotopic (exact) mass is 355 g/mol. The Hall–Kier alpha value is -2.93. The lowest BCUT2D eigenvalue weighted by molar-refractivity contribution is 0.413. The Labute approximate surface area is 149 Å². The number of allylic oxidation sites excluding steroid dienone is 3. The van der Waals surface area contributed by atoms with Crippen molar-refractivity contribution in [2.75, 3.05) is 7.11 Å². The van der Waals surface area contributed by atoms with Gasteiger partial charge in [0, 0.05) is 17.5 Å². The largest absolute Gasteiger partial charge is 0.497 e. The minimum absolute atomic E-state index is 0.0986. The fraction of sp³-hybridized carbons (Fsp3) is 0.167. The van der Waals surface area contributed by atoms with Gasteiger partial charge in [-0.15, -0.1) is 0 Å². The summed E-state index contributed by atoms with van der Waals surface area (Å²) in [5, 5.41) is 10.7. The molecule has 2 aromatic rings. The van der Waals surface area contributed by atoms with E-state index in [0.717, 1.165) is 17.0 Å². The highest BCUT2D eigenvalue weighted by atomic mass is 32.1. The van der Waals surface area contributed by atoms with Crippen LogP contribution in [0.25, 0.3) is 11.8 Å². The van der Waals surface area contributed by atoms with E-state index in [-0.39, 0.29) is 16.2 Å². The van der Waals surface area contributed by atoms with Gasteiger partial charge in [-0.25, -0.2) is 0 Å². The van der Waals surface area contributed by atoms with Crippen LogP contribution < -0.4 is 10.3 Å². The molecule has 0 atom stereocenters. The van der Waals surface area contributed by atoms with Crippen LogP contribution >= 0.6 is 12.2 Å². The molecule has 25 heavy (non-hydrogen) atoms. The quantitative estimate of drug-likeness (QED) is 0.828. The van der Waals surface area contributed by atoms with Crippen LogP contribution in [0.1, 0.15) is 19.4 Å². The van der Waals surface area contributed by atoms with Gasteiger partial charge in [0.05, 0.1) is 12.8 Å². The maximum absolute atomic E-state index is 12.3. The molecule has 0 amide bonds. The first-order valence-electron chi connectivity index (χ1n) is 7.59. The van der Waals surface area contributed by atoms with Crippen molar-refractivity contribution < 1.29 is 9.84 Å². The average molecular weight is 355 g/mol. The summed E-state index contributed by atoms with van der Waals surface area (Å²) in [4.78, 5) is 19.2. The van der Waals surface area contributed by atoms with Crippen LogP contribution in [0.3, 0.4) is 0 Å². The van der Waals surface area contributed by atoms with Crippen molar-refractivity contribution in [3.63, 3.8) is 0 Å². The molecule has 0 spiro atoms. The summed E-state index contributed by atoms with van der Waals surface area (Å²) in [6.45, 7) is 3.72. The lowest BCUT2D eigenvalue weighted by Gasteiger charge is -2.12. The van der Waals surface area contributed by atoms with Gasteiger partial charge < -0.3 is 9.84 Å². The number of methoxy groups -OCH3 is 1. The smallest absolute Gasteiger partial charge is 0.262 e. The molecule has 0 bridgehead atoms. The van der Waals surface area contributed by atoms with Gasteiger partial charge in [0.25, 0.3) is 5.56 Å². The summed E-state index contributed by atoms with van der Waals surface area (Å²) in [7, 11) is 1.55. The molecule has 0 fully saturated rings. The summed E-state index contributed by atoms with van der Waals surface area (Å²) in [5.74, 6) is 0.377. The van der Waals surface area contributed by atoms with Crippen molar-refractivity contribution in [3.05, 3.63) is 62.3 Å². The number of aliphatic imine (C=N–C) groups is 1. The third-order valence-corrected chi connectivity index (χ3v) is 4.14. The minimum atomic E-state index is -0.458. The SMILES string of the molecule is COc1cccc(-n2c(O)c(/C=C3\C=C(C)N=C3C)c(=O)[nH]c2=S)c1. The van der Waals surface area contributed by atoms with Gasteiger partial charge in [0.1, 0.15) is 11.3 Å². The molecule has 3 rings (SSSR count). The average Bonchev–Trinajstić information content (AvgIpc) is 2.89. The van der Waals surface area contributed by atoms with Gasteiger partial charge in [-0.1, -0.05) is 6.07 Å². The van der Waals surface area contributed by atoms with E-state index in [4.69, 9.17) is 17.0 Å². The van der Waals surface area contributed by atoms with Crippen molar-refractivity contribution >= 4 is 24.0 Å². The summed E-state index contributed by atoms with van der Waals surface area (Å²) in [6.07, 6.45) is 3.46. The molecule has 1 aromatic carbocycles. The fourth-order valence-corrected chi connectivity index (χ4v) is 2.93. The van der Waals surface area contributed by atoms with Crippen LogP contribution in [0.5, 0.6) is 11.6 Å². The molecule has 0 unspecified atom stereocenters. The zero-order chi connectivity index (χ0) is 18.1. The van der Waals surface area contributed by atoms with E-state index in [0.29, 0.717) is 11.4 Å². The normalized spacial score (nSPS) is 15.2. The number of benzene rings is 1. The van der Waals surface area contributed by atoms with Crippen molar-refractivity contribution in [1.29, 1.82) is 0 Å². The summed E-state index contributed by atoms with van der Waals surface area (Å²) in [5.41, 5.74) is 2.65. The zero-order valence-corrected chi connectivity index (χ0v) is 14.8. The highest BCUT2D eigenvalue weighted by molar-refractivity contribution is 7.71. The lowest BCUT2D eigenvalue weighted by atomic mass is 10.1. The number of hydrogen-bond acceptors (Lipinski definition) is 5. The van der Waals surface area contributed by atoms with Crippen molar-refractivity contribution in [3.8, 4) is 17.3 Å². The first kappa shape index (κ1) is 16.9. The Bertz CT molecular complexity index is 1060. The molecule has 0 aliphatic carbocycles. The molecule has 0 saturated heterocycles. The van der Waals surface area contributed by atoms with Crippen LogP contribution in [0.4, 0.5) is 0 Å². The molecule has 1 aliphatic heterocycles. The number of H-pyrrole nitrogens is 1. The first-order chi connectivity index (χ1) is 11.9. The molecule has 1 aliphatic rings. The third kappa shape index (κ3) is 3.18. The van der Waals surface area contributed by atoms with Crippen LogP contribution in [-0.2, 0) is 0 Å². The molecule has 0 saturated carbocycles. The predicted molar refractivity (Wildman–Crippen MR) is 100 cm³/mol. The van der Waals surface area contributed by atoms with Crippen LogP contribution in [0.15, 0.2) is 51.4 Å². The number of nitrogens with one attached hydrogen (secondary N) is 1. The highest BCUT2D eigenvalue weighted by Gasteiger charge is 2.15. The molecule has 128 valence electrons. The number of rotatable bonds is 3. The zero-order valence-electron chi connectivity index (χ0n) is 14.0. The van der Waals surface area contributed by atoms with Crippen molar-refractivity contribution in [1.82, 2.24) is 9.55 Å². The molecular weight excluding hydrogens is 338 g/mol. The number of aromatic hydroxyl groups is 1. The highest BCUT2D eigenvalue weighted by Crippen LogP contribution is 2.25. The first-order valence-corrected chi connectivity index (χ1v) is 8.00. The summed E-state index contributed by atoms with van der Waals surface area (Å²) >= 11 is 5.22. The van der Waals surface area contributed by atoms with E-state index in [9.17, 15) is 9.90 Å². The summed E-state index contributed by atoms with van der Waals surface area (Å²) in [6, 6.07) is 7.04. The fourth-order valence-electron chi connectivity index (χ4n) is 2.65. The summed E-state index contributed by atoms with van der Waals surface area (Å²) < 4.78 is 6.70. The topological polar surface area (TPSA) is 79.6 Å². The number of nitrogens with zero attached hydrogens (tertiary/aromatic N) is 2. The second-order valence-electron chi connectivity index (χ2n) is 5.62. The maximum Gasteiger partial charge on any atom is 0.262 e. The Morgan fingerprint density at radius 2 is 2.12 bits per heavy atom. The van der Waals surface area contributed by atoms with E-state index >= 15 is 0 Å². The molecule has 0 radical (unpaired) electrons. The van der Waals surface area contributed by atoms with E-state index in [1.54, 1.807) is 37.5 Å². The Morgan fingerprint density at radius 1 is 1.36 bits per heavy atom. The third-order valence-electron chi connectivity index (χ3n) is 3.86. The van der Waals surface area contributed by atoms with Crippen LogP contribution in [-0.4, -0.2) is 27.5 Å². The van der Waals surface area contributed by atoms with Crippen LogP contribution in [0, 0.1) is 4.77 Å². The van der Waals surface area contributed by atoms with Gasteiger partial charge >= 0.3 is 0 Å². The van der Waals surface area contributed by atoms with E-state index in [1.165, 1.54) is 4.57 Å². The minimum Gasteiger partial charge on any atom is -0.497 e. The van der Waals surface area contributed by atoms with Gasteiger partial charge in [0.2, 0.25) is 5.88 Å². The number of ether oxygens (including phenoxy) is 1.